The van der Waals surface area contributed by atoms with Crippen LogP contribution < -0.4 is 15.8 Å². The third-order valence-corrected chi connectivity index (χ3v) is 4.60. The normalized spacial score (nSPS) is 16.1. The Morgan fingerprint density at radius 1 is 1.18 bits per heavy atom. The van der Waals surface area contributed by atoms with Gasteiger partial charge in [-0.15, -0.1) is 0 Å². The van der Waals surface area contributed by atoms with E-state index in [-0.39, 0.29) is 24.5 Å². The molecule has 146 valence electrons. The maximum absolute atomic E-state index is 12.6. The number of carbonyl (C=O) groups is 3. The standard InChI is InChI=1S/C21H23N3O4/c1-2-24-12-17(11-20(24)26)23-21(27)16-7-3-5-14(9-16)15-6-4-8-18(10-15)28-13-19(22)25/h3-10,17H,2,11-13H2,1H3,(H2,22,25)(H,23,27)/t17-/m1/s1. The molecule has 1 saturated heterocycles. The van der Waals surface area contributed by atoms with E-state index in [2.05, 4.69) is 5.32 Å². The average molecular weight is 381 g/mol. The first kappa shape index (κ1) is 19.4. The van der Waals surface area contributed by atoms with Crippen molar-refractivity contribution in [2.24, 2.45) is 5.73 Å². The van der Waals surface area contributed by atoms with E-state index in [1.165, 1.54) is 0 Å². The topological polar surface area (TPSA) is 102 Å². The molecule has 1 aliphatic heterocycles. The third-order valence-electron chi connectivity index (χ3n) is 4.60. The van der Waals surface area contributed by atoms with E-state index in [4.69, 9.17) is 10.5 Å². The first-order valence-corrected chi connectivity index (χ1v) is 9.16. The third kappa shape index (κ3) is 4.68. The Morgan fingerprint density at radius 2 is 1.89 bits per heavy atom. The zero-order chi connectivity index (χ0) is 20.1. The summed E-state index contributed by atoms with van der Waals surface area (Å²) in [5.41, 5.74) is 7.31. The molecule has 0 aromatic heterocycles. The van der Waals surface area contributed by atoms with E-state index >= 15 is 0 Å². The van der Waals surface area contributed by atoms with Crippen LogP contribution in [0.2, 0.25) is 0 Å². The summed E-state index contributed by atoms with van der Waals surface area (Å²) >= 11 is 0. The van der Waals surface area contributed by atoms with Crippen molar-refractivity contribution < 1.29 is 19.1 Å². The van der Waals surface area contributed by atoms with Crippen LogP contribution >= 0.6 is 0 Å². The number of ether oxygens (including phenoxy) is 1. The van der Waals surface area contributed by atoms with Gasteiger partial charge in [-0.2, -0.15) is 0 Å². The molecule has 1 heterocycles. The molecule has 3 rings (SSSR count). The highest BCUT2D eigenvalue weighted by Gasteiger charge is 2.29. The van der Waals surface area contributed by atoms with Crippen LogP contribution in [-0.2, 0) is 9.59 Å². The number of nitrogens with zero attached hydrogens (tertiary/aromatic N) is 1. The number of carbonyl (C=O) groups excluding carboxylic acids is 3. The van der Waals surface area contributed by atoms with Gasteiger partial charge in [-0.25, -0.2) is 0 Å². The lowest BCUT2D eigenvalue weighted by Crippen LogP contribution is -2.37. The van der Waals surface area contributed by atoms with E-state index in [1.807, 2.05) is 25.1 Å². The van der Waals surface area contributed by atoms with Crippen molar-refractivity contribution in [3.63, 3.8) is 0 Å². The first-order chi connectivity index (χ1) is 13.5. The van der Waals surface area contributed by atoms with Gasteiger partial charge < -0.3 is 20.7 Å². The van der Waals surface area contributed by atoms with Gasteiger partial charge in [0.05, 0.1) is 6.04 Å². The second-order valence-electron chi connectivity index (χ2n) is 6.67. The molecule has 0 aliphatic carbocycles. The largest absolute Gasteiger partial charge is 0.484 e. The van der Waals surface area contributed by atoms with Crippen molar-refractivity contribution in [1.29, 1.82) is 0 Å². The summed E-state index contributed by atoms with van der Waals surface area (Å²) in [7, 11) is 0. The number of amides is 3. The van der Waals surface area contributed by atoms with Crippen LogP contribution in [0, 0.1) is 0 Å². The van der Waals surface area contributed by atoms with Crippen molar-refractivity contribution in [1.82, 2.24) is 10.2 Å². The van der Waals surface area contributed by atoms with Crippen molar-refractivity contribution >= 4 is 17.7 Å². The Balaban J connectivity index is 1.72. The maximum atomic E-state index is 12.6. The fourth-order valence-corrected chi connectivity index (χ4v) is 3.20. The van der Waals surface area contributed by atoms with E-state index < -0.39 is 5.91 Å². The molecule has 28 heavy (non-hydrogen) atoms. The highest BCUT2D eigenvalue weighted by atomic mass is 16.5. The number of benzene rings is 2. The summed E-state index contributed by atoms with van der Waals surface area (Å²) in [6, 6.07) is 14.3. The van der Waals surface area contributed by atoms with Crippen molar-refractivity contribution in [2.75, 3.05) is 19.7 Å². The number of hydrogen-bond donors (Lipinski definition) is 2. The van der Waals surface area contributed by atoms with E-state index in [0.29, 0.717) is 30.8 Å². The fraction of sp³-hybridized carbons (Fsp3) is 0.286. The van der Waals surface area contributed by atoms with Gasteiger partial charge in [-0.05, 0) is 42.3 Å². The summed E-state index contributed by atoms with van der Waals surface area (Å²) in [6.45, 7) is 2.92. The summed E-state index contributed by atoms with van der Waals surface area (Å²) < 4.78 is 5.34. The van der Waals surface area contributed by atoms with Crippen molar-refractivity contribution in [3.8, 4) is 16.9 Å². The highest BCUT2D eigenvalue weighted by Crippen LogP contribution is 2.25. The molecule has 3 amide bonds. The quantitative estimate of drug-likeness (QED) is 0.760. The molecule has 2 aromatic rings. The zero-order valence-corrected chi connectivity index (χ0v) is 15.7. The highest BCUT2D eigenvalue weighted by molar-refractivity contribution is 5.96. The summed E-state index contributed by atoms with van der Waals surface area (Å²) in [5.74, 6) is -0.167. The minimum Gasteiger partial charge on any atom is -0.484 e. The predicted molar refractivity (Wildman–Crippen MR) is 105 cm³/mol. The fourth-order valence-electron chi connectivity index (χ4n) is 3.20. The van der Waals surface area contributed by atoms with Crippen LogP contribution in [-0.4, -0.2) is 48.4 Å². The number of primary amides is 1. The number of nitrogens with one attached hydrogen (secondary N) is 1. The number of hydrogen-bond acceptors (Lipinski definition) is 4. The Bertz CT molecular complexity index is 897. The van der Waals surface area contributed by atoms with E-state index in [1.54, 1.807) is 35.2 Å². The molecule has 7 nitrogen and oxygen atoms in total. The van der Waals surface area contributed by atoms with Crippen LogP contribution in [0.4, 0.5) is 0 Å². The van der Waals surface area contributed by atoms with Gasteiger partial charge in [0.15, 0.2) is 6.61 Å². The molecule has 0 spiro atoms. The number of nitrogens with two attached hydrogens (primary N) is 1. The summed E-state index contributed by atoms with van der Waals surface area (Å²) in [6.07, 6.45) is 0.332. The molecular weight excluding hydrogens is 358 g/mol. The van der Waals surface area contributed by atoms with Crippen LogP contribution in [0.1, 0.15) is 23.7 Å². The molecule has 1 aliphatic rings. The number of likely N-dealkylation sites (tertiary alicyclic amines) is 1. The van der Waals surface area contributed by atoms with Crippen molar-refractivity contribution in [2.45, 2.75) is 19.4 Å². The predicted octanol–water partition coefficient (Wildman–Crippen LogP) is 1.57. The second kappa shape index (κ2) is 8.56. The average Bonchev–Trinajstić information content (AvgIpc) is 3.05. The molecular formula is C21H23N3O4. The van der Waals surface area contributed by atoms with Gasteiger partial charge in [0.2, 0.25) is 5.91 Å². The molecule has 0 bridgehead atoms. The lowest BCUT2D eigenvalue weighted by atomic mass is 10.0. The van der Waals surface area contributed by atoms with E-state index in [0.717, 1.165) is 11.1 Å². The smallest absolute Gasteiger partial charge is 0.255 e. The Kier molecular flexibility index (Phi) is 5.93. The lowest BCUT2D eigenvalue weighted by Gasteiger charge is -2.15. The van der Waals surface area contributed by atoms with Gasteiger partial charge in [-0.1, -0.05) is 24.3 Å². The molecule has 0 radical (unpaired) electrons. The summed E-state index contributed by atoms with van der Waals surface area (Å²) in [5, 5.41) is 2.94. The Morgan fingerprint density at radius 3 is 2.57 bits per heavy atom. The number of rotatable bonds is 7. The van der Waals surface area contributed by atoms with Gasteiger partial charge in [-0.3, -0.25) is 14.4 Å². The van der Waals surface area contributed by atoms with Gasteiger partial charge in [0, 0.05) is 25.1 Å². The second-order valence-corrected chi connectivity index (χ2v) is 6.67. The SMILES string of the molecule is CCN1C[C@H](NC(=O)c2cccc(-c3cccc(OCC(N)=O)c3)c2)CC1=O. The van der Waals surface area contributed by atoms with Crippen LogP contribution in [0.5, 0.6) is 5.75 Å². The van der Waals surface area contributed by atoms with Gasteiger partial charge in [0.1, 0.15) is 5.75 Å². The molecule has 3 N–H and O–H groups in total. The van der Waals surface area contributed by atoms with Crippen LogP contribution in [0.3, 0.4) is 0 Å². The molecule has 7 heteroatoms. The van der Waals surface area contributed by atoms with Crippen molar-refractivity contribution in [3.05, 3.63) is 54.1 Å². The molecule has 1 atom stereocenters. The molecule has 0 saturated carbocycles. The number of likely N-dealkylation sites (N-methyl/N-ethyl adjacent to an activating group) is 1. The molecule has 1 fully saturated rings. The zero-order valence-electron chi connectivity index (χ0n) is 15.7. The Labute approximate surface area is 163 Å². The maximum Gasteiger partial charge on any atom is 0.255 e. The van der Waals surface area contributed by atoms with Crippen LogP contribution in [0.15, 0.2) is 48.5 Å². The first-order valence-electron chi connectivity index (χ1n) is 9.16. The lowest BCUT2D eigenvalue weighted by molar-refractivity contribution is -0.127. The van der Waals surface area contributed by atoms with E-state index in [9.17, 15) is 14.4 Å². The summed E-state index contributed by atoms with van der Waals surface area (Å²) in [4.78, 5) is 37.1. The molecule has 0 unspecified atom stereocenters. The molecule has 2 aromatic carbocycles. The minimum atomic E-state index is -0.545. The monoisotopic (exact) mass is 381 g/mol. The minimum absolute atomic E-state index is 0.0642. The van der Waals surface area contributed by atoms with Gasteiger partial charge in [0.25, 0.3) is 11.8 Å². The van der Waals surface area contributed by atoms with Crippen LogP contribution in [0.25, 0.3) is 11.1 Å². The Hall–Kier alpha value is -3.35. The van der Waals surface area contributed by atoms with Gasteiger partial charge >= 0.3 is 0 Å².